The third-order valence-corrected chi connectivity index (χ3v) is 2.41. The first-order valence-electron chi connectivity index (χ1n) is 5.59. The number of furan rings is 1. The Morgan fingerprint density at radius 3 is 2.82 bits per heavy atom. The molecule has 0 aliphatic carbocycles. The summed E-state index contributed by atoms with van der Waals surface area (Å²) in [5, 5.41) is 9.52. The number of likely N-dealkylation sites (N-methyl/N-ethyl adjacent to an activating group) is 1. The van der Waals surface area contributed by atoms with Crippen LogP contribution in [-0.4, -0.2) is 49.3 Å². The largest absolute Gasteiger partial charge is 0.456 e. The molecule has 0 spiro atoms. The number of nitrogens with zero attached hydrogens (tertiary/aromatic N) is 1. The van der Waals surface area contributed by atoms with Crippen LogP contribution in [0.3, 0.4) is 0 Å². The summed E-state index contributed by atoms with van der Waals surface area (Å²) in [6.45, 7) is 2.38. The van der Waals surface area contributed by atoms with Crippen molar-refractivity contribution in [3.05, 3.63) is 23.7 Å². The summed E-state index contributed by atoms with van der Waals surface area (Å²) in [6, 6.07) is 3.44. The molecule has 5 nitrogen and oxygen atoms in total. The molecular weight excluding hydrogens is 222 g/mol. The van der Waals surface area contributed by atoms with Gasteiger partial charge in [-0.3, -0.25) is 4.79 Å². The van der Waals surface area contributed by atoms with Gasteiger partial charge in [-0.15, -0.1) is 0 Å². The van der Waals surface area contributed by atoms with E-state index >= 15 is 0 Å². The van der Waals surface area contributed by atoms with Gasteiger partial charge in [-0.05, 0) is 12.1 Å². The fourth-order valence-corrected chi connectivity index (χ4v) is 1.52. The van der Waals surface area contributed by atoms with Gasteiger partial charge in [0.2, 0.25) is 0 Å². The Kier molecular flexibility index (Phi) is 5.18. The molecule has 96 valence electrons. The van der Waals surface area contributed by atoms with Gasteiger partial charge in [0.05, 0.1) is 12.7 Å². The van der Waals surface area contributed by atoms with Crippen LogP contribution in [0.2, 0.25) is 0 Å². The fourth-order valence-electron chi connectivity index (χ4n) is 1.52. The number of carbonyl (C=O) groups is 1. The Balaban J connectivity index is 2.57. The molecule has 1 aromatic rings. The summed E-state index contributed by atoms with van der Waals surface area (Å²) >= 11 is 0. The van der Waals surface area contributed by atoms with Crippen LogP contribution in [0.4, 0.5) is 0 Å². The average molecular weight is 241 g/mol. The van der Waals surface area contributed by atoms with Crippen molar-refractivity contribution in [3.8, 4) is 0 Å². The maximum absolute atomic E-state index is 11.9. The maximum atomic E-state index is 11.9. The highest BCUT2D eigenvalue weighted by Crippen LogP contribution is 2.10. The molecule has 1 amide bonds. The maximum Gasteiger partial charge on any atom is 0.289 e. The van der Waals surface area contributed by atoms with E-state index in [0.717, 1.165) is 12.2 Å². The predicted octanol–water partition coefficient (Wildman–Crippen LogP) is 0.921. The number of aryl methyl sites for hydroxylation is 1. The molecule has 0 saturated heterocycles. The quantitative estimate of drug-likeness (QED) is 0.804. The van der Waals surface area contributed by atoms with Gasteiger partial charge < -0.3 is 19.2 Å². The Morgan fingerprint density at radius 1 is 1.59 bits per heavy atom. The van der Waals surface area contributed by atoms with Crippen molar-refractivity contribution < 1.29 is 19.1 Å². The number of hydrogen-bond donors (Lipinski definition) is 1. The molecule has 1 heterocycles. The van der Waals surface area contributed by atoms with E-state index in [1.165, 1.54) is 12.0 Å². The van der Waals surface area contributed by atoms with E-state index in [9.17, 15) is 9.90 Å². The Bertz CT molecular complexity index is 361. The summed E-state index contributed by atoms with van der Waals surface area (Å²) in [7, 11) is 3.13. The normalized spacial score (nSPS) is 12.5. The smallest absolute Gasteiger partial charge is 0.289 e. The van der Waals surface area contributed by atoms with Gasteiger partial charge in [0.1, 0.15) is 5.76 Å². The lowest BCUT2D eigenvalue weighted by Crippen LogP contribution is -2.36. The second kappa shape index (κ2) is 6.42. The van der Waals surface area contributed by atoms with Crippen LogP contribution in [-0.2, 0) is 11.2 Å². The molecule has 0 aromatic carbocycles. The van der Waals surface area contributed by atoms with Crippen molar-refractivity contribution in [2.24, 2.45) is 0 Å². The van der Waals surface area contributed by atoms with Gasteiger partial charge in [-0.1, -0.05) is 6.92 Å². The van der Waals surface area contributed by atoms with Crippen molar-refractivity contribution in [1.29, 1.82) is 0 Å². The number of carbonyl (C=O) groups excluding carboxylic acids is 1. The lowest BCUT2D eigenvalue weighted by atomic mass is 10.3. The summed E-state index contributed by atoms with van der Waals surface area (Å²) in [6.07, 6.45) is 0.0677. The lowest BCUT2D eigenvalue weighted by molar-refractivity contribution is 0.0367. The first-order valence-corrected chi connectivity index (χ1v) is 5.59. The van der Waals surface area contributed by atoms with Crippen LogP contribution in [0.5, 0.6) is 0 Å². The molecule has 17 heavy (non-hydrogen) atoms. The fraction of sp³-hybridized carbons (Fsp3) is 0.583. The summed E-state index contributed by atoms with van der Waals surface area (Å²) in [4.78, 5) is 13.3. The molecule has 0 bridgehead atoms. The van der Waals surface area contributed by atoms with E-state index in [2.05, 4.69) is 0 Å². The number of amides is 1. The van der Waals surface area contributed by atoms with Gasteiger partial charge in [-0.25, -0.2) is 0 Å². The topological polar surface area (TPSA) is 62.9 Å². The van der Waals surface area contributed by atoms with Crippen LogP contribution < -0.4 is 0 Å². The third kappa shape index (κ3) is 3.87. The predicted molar refractivity (Wildman–Crippen MR) is 62.9 cm³/mol. The molecule has 0 aliphatic heterocycles. The minimum Gasteiger partial charge on any atom is -0.456 e. The summed E-state index contributed by atoms with van der Waals surface area (Å²) in [5.74, 6) is 0.841. The van der Waals surface area contributed by atoms with Crippen LogP contribution in [0.1, 0.15) is 23.2 Å². The molecular formula is C12H19NO4. The molecule has 1 unspecified atom stereocenters. The van der Waals surface area contributed by atoms with Gasteiger partial charge in [0.15, 0.2) is 5.76 Å². The van der Waals surface area contributed by atoms with Crippen LogP contribution in [0.15, 0.2) is 16.5 Å². The molecule has 1 atom stereocenters. The van der Waals surface area contributed by atoms with Gasteiger partial charge in [0.25, 0.3) is 5.91 Å². The van der Waals surface area contributed by atoms with Gasteiger partial charge >= 0.3 is 0 Å². The highest BCUT2D eigenvalue weighted by Gasteiger charge is 2.18. The number of hydrogen-bond acceptors (Lipinski definition) is 4. The molecule has 0 fully saturated rings. The molecule has 1 rings (SSSR count). The highest BCUT2D eigenvalue weighted by atomic mass is 16.5. The summed E-state index contributed by atoms with van der Waals surface area (Å²) < 4.78 is 10.2. The van der Waals surface area contributed by atoms with Crippen molar-refractivity contribution in [2.45, 2.75) is 19.4 Å². The zero-order chi connectivity index (χ0) is 12.8. The lowest BCUT2D eigenvalue weighted by Gasteiger charge is -2.19. The number of aliphatic hydroxyl groups excluding tert-OH is 1. The van der Waals surface area contributed by atoms with E-state index < -0.39 is 6.10 Å². The Hall–Kier alpha value is -1.33. The number of ether oxygens (including phenoxy) is 1. The third-order valence-electron chi connectivity index (χ3n) is 2.41. The van der Waals surface area contributed by atoms with Gasteiger partial charge in [-0.2, -0.15) is 0 Å². The van der Waals surface area contributed by atoms with E-state index in [4.69, 9.17) is 9.15 Å². The Labute approximate surface area is 101 Å². The molecule has 5 heteroatoms. The number of rotatable bonds is 6. The van der Waals surface area contributed by atoms with Gasteiger partial charge in [0, 0.05) is 27.1 Å². The highest BCUT2D eigenvalue weighted by molar-refractivity contribution is 5.91. The SMILES string of the molecule is CCc1ccc(C(=O)N(C)CC(O)COC)o1. The molecule has 0 aliphatic rings. The molecule has 1 N–H and O–H groups in total. The number of aliphatic hydroxyl groups is 1. The minimum atomic E-state index is -0.686. The van der Waals surface area contributed by atoms with E-state index in [1.54, 1.807) is 19.2 Å². The van der Waals surface area contributed by atoms with Crippen molar-refractivity contribution in [3.63, 3.8) is 0 Å². The molecule has 0 radical (unpaired) electrons. The van der Waals surface area contributed by atoms with Crippen molar-refractivity contribution in [2.75, 3.05) is 27.3 Å². The first-order chi connectivity index (χ1) is 8.08. The standard InChI is InChI=1S/C12H19NO4/c1-4-10-5-6-11(17-10)12(15)13(2)7-9(14)8-16-3/h5-6,9,14H,4,7-8H2,1-3H3. The number of methoxy groups -OCH3 is 1. The Morgan fingerprint density at radius 2 is 2.29 bits per heavy atom. The van der Waals surface area contributed by atoms with Crippen LogP contribution >= 0.6 is 0 Å². The molecule has 1 aromatic heterocycles. The molecule has 0 saturated carbocycles. The zero-order valence-corrected chi connectivity index (χ0v) is 10.5. The second-order valence-corrected chi connectivity index (χ2v) is 3.91. The summed E-state index contributed by atoms with van der Waals surface area (Å²) in [5.41, 5.74) is 0. The van der Waals surface area contributed by atoms with Crippen molar-refractivity contribution >= 4 is 5.91 Å². The van der Waals surface area contributed by atoms with E-state index in [1.807, 2.05) is 6.92 Å². The van der Waals surface area contributed by atoms with E-state index in [-0.39, 0.29) is 19.1 Å². The second-order valence-electron chi connectivity index (χ2n) is 3.91. The van der Waals surface area contributed by atoms with E-state index in [0.29, 0.717) is 5.76 Å². The zero-order valence-electron chi connectivity index (χ0n) is 10.5. The average Bonchev–Trinajstić information content (AvgIpc) is 2.76. The monoisotopic (exact) mass is 241 g/mol. The minimum absolute atomic E-state index is 0.204. The first kappa shape index (κ1) is 13.7. The van der Waals surface area contributed by atoms with Crippen LogP contribution in [0.25, 0.3) is 0 Å². The van der Waals surface area contributed by atoms with Crippen molar-refractivity contribution in [1.82, 2.24) is 4.90 Å². The van der Waals surface area contributed by atoms with Crippen LogP contribution in [0, 0.1) is 0 Å².